The number of esters is 1. The number of ether oxygens (including phenoxy) is 5. The van der Waals surface area contributed by atoms with Gasteiger partial charge in [0.15, 0.2) is 0 Å². The van der Waals surface area contributed by atoms with Gasteiger partial charge in [-0.05, 0) is 35.4 Å². The summed E-state index contributed by atoms with van der Waals surface area (Å²) in [4.78, 5) is 22.0. The Kier molecular flexibility index (Phi) is 17.6. The van der Waals surface area contributed by atoms with E-state index in [0.29, 0.717) is 12.1 Å². The highest BCUT2D eigenvalue weighted by atomic mass is 35.5. The third kappa shape index (κ3) is 12.5. The molecule has 0 unspecified atom stereocenters. The fraction of sp³-hybridized carbons (Fsp3) is 0.391. The van der Waals surface area contributed by atoms with Crippen molar-refractivity contribution in [1.29, 1.82) is 0 Å². The topological polar surface area (TPSA) is 118 Å². The number of hydrogen-bond donors (Lipinski definition) is 2. The van der Waals surface area contributed by atoms with Gasteiger partial charge in [-0.25, -0.2) is 13.6 Å². The number of benzene rings is 2. The molecule has 2 aromatic rings. The first kappa shape index (κ1) is 33.6. The summed E-state index contributed by atoms with van der Waals surface area (Å²) in [5, 5.41) is 2.73. The zero-order valence-corrected chi connectivity index (χ0v) is 22.0. The van der Waals surface area contributed by atoms with Crippen LogP contribution < -0.4 is 11.1 Å². The number of nitrogens with two attached hydrogens (primary N) is 1. The van der Waals surface area contributed by atoms with Crippen molar-refractivity contribution in [3.05, 3.63) is 69.2 Å². The van der Waals surface area contributed by atoms with Gasteiger partial charge < -0.3 is 34.7 Å². The summed E-state index contributed by atoms with van der Waals surface area (Å²) >= 11 is 11.0. The molecule has 0 fully saturated rings. The predicted octanol–water partition coefficient (Wildman–Crippen LogP) is 3.43. The molecule has 0 saturated carbocycles. The van der Waals surface area contributed by atoms with Gasteiger partial charge in [0, 0.05) is 41.5 Å². The van der Waals surface area contributed by atoms with E-state index in [1.54, 1.807) is 12.1 Å². The lowest BCUT2D eigenvalue weighted by Gasteiger charge is -2.13. The quantitative estimate of drug-likeness (QED) is 0.357. The Labute approximate surface area is 218 Å². The monoisotopic (exact) mass is 554 g/mol. The number of rotatable bonds is 9. The molecule has 202 valence electrons. The Balaban J connectivity index is 0.000000551. The van der Waals surface area contributed by atoms with Gasteiger partial charge in [-0.3, -0.25) is 4.79 Å². The minimum Gasteiger partial charge on any atom is -0.465 e. The maximum atomic E-state index is 13.1. The standard InChI is InChI=1S/C11H13ClFNO3.C7H7ClFN.C5H10O4/c1-16-11(17-2)10(15)14-6-7-3-4-8(12)9(13)5-7;8-6-2-1-5(4-10)3-7(6)9;1-7-4(6)5(8-2)9-3/h3-5,11H,6H2,1-2H3,(H,14,15);1-3H,4,10H2;5H,1-3H3. The molecule has 9 nitrogen and oxygen atoms in total. The average Bonchev–Trinajstić information content (AvgIpc) is 2.88. The fourth-order valence-electron chi connectivity index (χ4n) is 2.28. The number of carbonyl (C=O) groups excluding carboxylic acids is 2. The third-order valence-corrected chi connectivity index (χ3v) is 4.75. The molecule has 0 saturated heterocycles. The first-order chi connectivity index (χ1) is 17.1. The Morgan fingerprint density at radius 3 is 1.64 bits per heavy atom. The molecule has 3 N–H and O–H groups in total. The van der Waals surface area contributed by atoms with Gasteiger partial charge in [0.25, 0.3) is 12.2 Å². The molecule has 0 atom stereocenters. The zero-order chi connectivity index (χ0) is 27.7. The maximum Gasteiger partial charge on any atom is 0.363 e. The van der Waals surface area contributed by atoms with Crippen LogP contribution in [0.1, 0.15) is 11.1 Å². The highest BCUT2D eigenvalue weighted by Gasteiger charge is 2.16. The summed E-state index contributed by atoms with van der Waals surface area (Å²) in [6, 6.07) is 8.85. The first-order valence-electron chi connectivity index (χ1n) is 10.1. The number of amides is 1. The van der Waals surface area contributed by atoms with Crippen LogP contribution in [0.15, 0.2) is 36.4 Å². The van der Waals surface area contributed by atoms with Crippen LogP contribution in [0, 0.1) is 11.6 Å². The molecule has 0 aliphatic heterocycles. The van der Waals surface area contributed by atoms with E-state index in [-0.39, 0.29) is 16.6 Å². The van der Waals surface area contributed by atoms with E-state index in [1.807, 2.05) is 0 Å². The molecule has 0 spiro atoms. The second-order valence-corrected chi connectivity index (χ2v) is 7.36. The fourth-order valence-corrected chi connectivity index (χ4v) is 2.52. The van der Waals surface area contributed by atoms with E-state index in [0.717, 1.165) is 5.56 Å². The summed E-state index contributed by atoms with van der Waals surface area (Å²) < 4.78 is 48.6. The number of hydrogen-bond acceptors (Lipinski definition) is 8. The third-order valence-electron chi connectivity index (χ3n) is 4.13. The summed E-state index contributed by atoms with van der Waals surface area (Å²) in [7, 11) is 6.72. The molecule has 2 rings (SSSR count). The molecule has 0 aliphatic rings. The summed E-state index contributed by atoms with van der Waals surface area (Å²) in [6.45, 7) is 0.518. The minimum atomic E-state index is -0.966. The van der Waals surface area contributed by atoms with Crippen molar-refractivity contribution in [3.8, 4) is 0 Å². The molecular formula is C23H30Cl2F2N2O7. The Bertz CT molecular complexity index is 947. The molecule has 0 aliphatic carbocycles. The maximum absolute atomic E-state index is 13.1. The lowest BCUT2D eigenvalue weighted by molar-refractivity contribution is -0.180. The number of nitrogens with one attached hydrogen (secondary N) is 1. The molecule has 0 heterocycles. The lowest BCUT2D eigenvalue weighted by Crippen LogP contribution is -2.36. The van der Waals surface area contributed by atoms with E-state index in [9.17, 15) is 18.4 Å². The van der Waals surface area contributed by atoms with Crippen LogP contribution in [-0.4, -0.2) is 60.0 Å². The van der Waals surface area contributed by atoms with E-state index >= 15 is 0 Å². The van der Waals surface area contributed by atoms with Gasteiger partial charge in [0.2, 0.25) is 6.29 Å². The van der Waals surface area contributed by atoms with Crippen molar-refractivity contribution in [2.75, 3.05) is 35.5 Å². The molecular weight excluding hydrogens is 525 g/mol. The van der Waals surface area contributed by atoms with Crippen LogP contribution in [0.2, 0.25) is 10.0 Å². The largest absolute Gasteiger partial charge is 0.465 e. The van der Waals surface area contributed by atoms with Gasteiger partial charge in [0.1, 0.15) is 11.6 Å². The molecule has 2 aromatic carbocycles. The van der Waals surface area contributed by atoms with Crippen LogP contribution in [-0.2, 0) is 46.4 Å². The van der Waals surface area contributed by atoms with Crippen molar-refractivity contribution in [1.82, 2.24) is 5.32 Å². The van der Waals surface area contributed by atoms with Crippen LogP contribution in [0.3, 0.4) is 0 Å². The van der Waals surface area contributed by atoms with Gasteiger partial charge >= 0.3 is 5.97 Å². The number of methoxy groups -OCH3 is 5. The Hall–Kier alpha value is -2.38. The van der Waals surface area contributed by atoms with Crippen molar-refractivity contribution in [2.45, 2.75) is 25.7 Å². The molecule has 13 heteroatoms. The number of carbonyl (C=O) groups is 2. The molecule has 0 aromatic heterocycles. The van der Waals surface area contributed by atoms with Crippen LogP contribution in [0.5, 0.6) is 0 Å². The van der Waals surface area contributed by atoms with Crippen molar-refractivity contribution < 1.29 is 42.1 Å². The van der Waals surface area contributed by atoms with Crippen LogP contribution in [0.25, 0.3) is 0 Å². The van der Waals surface area contributed by atoms with Crippen molar-refractivity contribution in [2.24, 2.45) is 5.73 Å². The van der Waals surface area contributed by atoms with Crippen LogP contribution in [0.4, 0.5) is 8.78 Å². The highest BCUT2D eigenvalue weighted by molar-refractivity contribution is 6.31. The molecule has 0 radical (unpaired) electrons. The summed E-state index contributed by atoms with van der Waals surface area (Å²) in [5.41, 5.74) is 6.61. The highest BCUT2D eigenvalue weighted by Crippen LogP contribution is 2.16. The van der Waals surface area contributed by atoms with Gasteiger partial charge in [-0.1, -0.05) is 35.3 Å². The predicted molar refractivity (Wildman–Crippen MR) is 130 cm³/mol. The van der Waals surface area contributed by atoms with Gasteiger partial charge in [0.05, 0.1) is 17.2 Å². The zero-order valence-electron chi connectivity index (χ0n) is 20.5. The van der Waals surface area contributed by atoms with Crippen molar-refractivity contribution in [3.63, 3.8) is 0 Å². The Morgan fingerprint density at radius 2 is 1.28 bits per heavy atom. The smallest absolute Gasteiger partial charge is 0.363 e. The molecule has 36 heavy (non-hydrogen) atoms. The van der Waals surface area contributed by atoms with Gasteiger partial charge in [-0.2, -0.15) is 0 Å². The SMILES string of the molecule is COC(=O)C(OC)OC.COC(OC)C(=O)NCc1ccc(Cl)c(F)c1.NCc1ccc(Cl)c(F)c1. The molecule has 1 amide bonds. The van der Waals surface area contributed by atoms with Crippen molar-refractivity contribution >= 4 is 35.1 Å². The van der Waals surface area contributed by atoms with Crippen LogP contribution >= 0.6 is 23.2 Å². The second-order valence-electron chi connectivity index (χ2n) is 6.55. The number of halogens is 4. The average molecular weight is 555 g/mol. The van der Waals surface area contributed by atoms with E-state index in [1.165, 1.54) is 59.8 Å². The summed E-state index contributed by atoms with van der Waals surface area (Å²) in [6.07, 6.45) is -1.86. The van der Waals surface area contributed by atoms with E-state index in [2.05, 4.69) is 19.5 Å². The van der Waals surface area contributed by atoms with E-state index < -0.39 is 36.1 Å². The van der Waals surface area contributed by atoms with Gasteiger partial charge in [-0.15, -0.1) is 0 Å². The normalized spacial score (nSPS) is 10.2. The lowest BCUT2D eigenvalue weighted by atomic mass is 10.2. The minimum absolute atomic E-state index is 0.0479. The first-order valence-corrected chi connectivity index (χ1v) is 10.9. The second kappa shape index (κ2) is 18.8. The van der Waals surface area contributed by atoms with E-state index in [4.69, 9.17) is 38.4 Å². The Morgan fingerprint density at radius 1 is 0.833 bits per heavy atom. The molecule has 0 bridgehead atoms. The summed E-state index contributed by atoms with van der Waals surface area (Å²) in [5.74, 6) is -1.89.